The minimum absolute atomic E-state index is 0.233. The molecular weight excluding hydrogens is 251 g/mol. The summed E-state index contributed by atoms with van der Waals surface area (Å²) < 4.78 is 25.2. The molecule has 0 heterocycles. The van der Waals surface area contributed by atoms with E-state index in [1.165, 1.54) is 0 Å². The predicted octanol–water partition coefficient (Wildman–Crippen LogP) is 0.761. The zero-order valence-electron chi connectivity index (χ0n) is 9.18. The van der Waals surface area contributed by atoms with Gasteiger partial charge in [-0.15, -0.1) is 0 Å². The van der Waals surface area contributed by atoms with Gasteiger partial charge in [-0.2, -0.15) is 0 Å². The van der Waals surface area contributed by atoms with Crippen LogP contribution in [-0.4, -0.2) is 33.4 Å². The van der Waals surface area contributed by atoms with Crippen LogP contribution in [0.3, 0.4) is 0 Å². The number of carbonyl (C=O) groups is 1. The van der Waals surface area contributed by atoms with E-state index in [2.05, 4.69) is 6.58 Å². The van der Waals surface area contributed by atoms with Gasteiger partial charge in [0.05, 0.1) is 6.61 Å². The van der Waals surface area contributed by atoms with Crippen molar-refractivity contribution in [3.8, 4) is 0 Å². The third-order valence-corrected chi connectivity index (χ3v) is 5.02. The normalized spacial score (nSPS) is 14.1. The average Bonchev–Trinajstić information content (AvgIpc) is 2.23. The van der Waals surface area contributed by atoms with Crippen molar-refractivity contribution < 1.29 is 27.6 Å². The Morgan fingerprint density at radius 1 is 1.62 bits per heavy atom. The van der Waals surface area contributed by atoms with E-state index in [9.17, 15) is 9.36 Å². The molecule has 0 rings (SSSR count). The Hall–Kier alpha value is -0.463. The molecule has 6 nitrogen and oxygen atoms in total. The van der Waals surface area contributed by atoms with Crippen LogP contribution in [0.5, 0.6) is 0 Å². The Kier molecular flexibility index (Phi) is 9.46. The summed E-state index contributed by atoms with van der Waals surface area (Å²) in [5.41, 5.74) is 0. The molecule has 0 aromatic rings. The highest BCUT2D eigenvalue weighted by Gasteiger charge is 2.15. The number of carbonyl (C=O) groups excluding carboxylic acids is 1. The monoisotopic (exact) mass is 268 g/mol. The third kappa shape index (κ3) is 8.81. The highest BCUT2D eigenvalue weighted by atomic mass is 31.1. The summed E-state index contributed by atoms with van der Waals surface area (Å²) >= 11 is 0. The van der Waals surface area contributed by atoms with E-state index >= 15 is 0 Å². The Balaban J connectivity index is 3.70. The molecule has 1 N–H and O–H groups in total. The van der Waals surface area contributed by atoms with Gasteiger partial charge in [-0.25, -0.2) is 4.79 Å². The summed E-state index contributed by atoms with van der Waals surface area (Å²) in [6.07, 6.45) is 1.63. The first-order valence-electron chi connectivity index (χ1n) is 4.90. The van der Waals surface area contributed by atoms with E-state index in [1.807, 2.05) is 0 Å². The molecule has 0 radical (unpaired) electrons. The minimum Gasteiger partial charge on any atom is -0.463 e. The van der Waals surface area contributed by atoms with Crippen molar-refractivity contribution in [2.24, 2.45) is 0 Å². The van der Waals surface area contributed by atoms with Crippen molar-refractivity contribution in [1.82, 2.24) is 0 Å². The van der Waals surface area contributed by atoms with E-state index in [1.54, 1.807) is 6.92 Å². The molecule has 0 aliphatic carbocycles. The highest BCUT2D eigenvalue weighted by Crippen LogP contribution is 2.19. The number of ether oxygens (including phenoxy) is 1. The molecule has 0 amide bonds. The second-order valence-corrected chi connectivity index (χ2v) is 6.03. The van der Waals surface area contributed by atoms with Gasteiger partial charge < -0.3 is 18.3 Å². The summed E-state index contributed by atoms with van der Waals surface area (Å²) in [5.74, 6) is -0.480. The van der Waals surface area contributed by atoms with Gasteiger partial charge in [-0.3, -0.25) is 4.57 Å². The fourth-order valence-corrected chi connectivity index (χ4v) is 3.64. The molecule has 0 spiro atoms. The number of rotatable bonds is 9. The lowest BCUT2D eigenvalue weighted by Gasteiger charge is -2.13. The molecule has 0 saturated heterocycles. The molecule has 8 heteroatoms. The zero-order valence-corrected chi connectivity index (χ0v) is 11.3. The molecule has 2 atom stereocenters. The van der Waals surface area contributed by atoms with Gasteiger partial charge in [-0.05, 0) is 19.4 Å². The summed E-state index contributed by atoms with van der Waals surface area (Å²) in [6.45, 7) is 5.72. The van der Waals surface area contributed by atoms with Crippen molar-refractivity contribution in [2.45, 2.75) is 19.4 Å². The standard InChI is InChI=1S/C8H17O6PSi/c1-3-8(9)12-6-5-7-16(13-4-2)14-15(10)11/h3,15-16H,1,4-7H2,2H3,(H,10,11). The first-order chi connectivity index (χ1) is 7.60. The fourth-order valence-electron chi connectivity index (χ4n) is 0.956. The molecular formula is C8H17O6PSi. The molecule has 0 aromatic heterocycles. The van der Waals surface area contributed by atoms with Crippen LogP contribution in [0.15, 0.2) is 12.7 Å². The van der Waals surface area contributed by atoms with E-state index < -0.39 is 23.5 Å². The van der Waals surface area contributed by atoms with Crippen LogP contribution in [0.4, 0.5) is 0 Å². The van der Waals surface area contributed by atoms with Gasteiger partial charge in [0, 0.05) is 12.7 Å². The molecule has 0 aliphatic heterocycles. The fraction of sp³-hybridized carbons (Fsp3) is 0.625. The van der Waals surface area contributed by atoms with E-state index in [4.69, 9.17) is 18.3 Å². The zero-order chi connectivity index (χ0) is 12.4. The number of hydrogen-bond donors (Lipinski definition) is 1. The molecule has 0 bridgehead atoms. The largest absolute Gasteiger partial charge is 0.463 e. The van der Waals surface area contributed by atoms with Crippen LogP contribution in [-0.2, 0) is 22.7 Å². The van der Waals surface area contributed by atoms with Crippen molar-refractivity contribution in [1.29, 1.82) is 0 Å². The smallest absolute Gasteiger partial charge is 0.330 e. The quantitative estimate of drug-likeness (QED) is 0.218. The maximum absolute atomic E-state index is 10.7. The van der Waals surface area contributed by atoms with E-state index in [0.29, 0.717) is 19.1 Å². The molecule has 0 aliphatic rings. The minimum atomic E-state index is -2.95. The number of hydrogen-bond acceptors (Lipinski definition) is 5. The Morgan fingerprint density at radius 3 is 2.81 bits per heavy atom. The van der Waals surface area contributed by atoms with Gasteiger partial charge in [0.25, 0.3) is 0 Å². The van der Waals surface area contributed by atoms with Gasteiger partial charge >= 0.3 is 23.5 Å². The summed E-state index contributed by atoms with van der Waals surface area (Å²) in [4.78, 5) is 19.3. The predicted molar refractivity (Wildman–Crippen MR) is 61.7 cm³/mol. The second-order valence-electron chi connectivity index (χ2n) is 2.78. The lowest BCUT2D eigenvalue weighted by atomic mass is 10.5. The van der Waals surface area contributed by atoms with Crippen LogP contribution in [0.25, 0.3) is 0 Å². The van der Waals surface area contributed by atoms with Crippen LogP contribution in [0.2, 0.25) is 6.04 Å². The Bertz CT molecular complexity index is 247. The lowest BCUT2D eigenvalue weighted by molar-refractivity contribution is -0.137. The van der Waals surface area contributed by atoms with Crippen molar-refractivity contribution in [3.05, 3.63) is 12.7 Å². The Morgan fingerprint density at radius 2 is 2.31 bits per heavy atom. The molecule has 0 fully saturated rings. The maximum atomic E-state index is 10.7. The van der Waals surface area contributed by atoms with Gasteiger partial charge in [0.2, 0.25) is 0 Å². The van der Waals surface area contributed by atoms with Gasteiger partial charge in [0.15, 0.2) is 0 Å². The Labute approximate surface area is 97.0 Å². The second kappa shape index (κ2) is 9.74. The first kappa shape index (κ1) is 15.5. The molecule has 0 aromatic carbocycles. The lowest BCUT2D eigenvalue weighted by Crippen LogP contribution is -2.20. The SMILES string of the molecule is C=CC(=O)OCCC[SiH](OCC)O[PH](=O)O. The topological polar surface area (TPSA) is 82.1 Å². The van der Waals surface area contributed by atoms with Crippen molar-refractivity contribution in [3.63, 3.8) is 0 Å². The highest BCUT2D eigenvalue weighted by molar-refractivity contribution is 7.33. The summed E-state index contributed by atoms with van der Waals surface area (Å²) in [6, 6.07) is 0.523. The maximum Gasteiger partial charge on any atom is 0.330 e. The molecule has 0 saturated carbocycles. The van der Waals surface area contributed by atoms with E-state index in [-0.39, 0.29) is 6.61 Å². The summed E-state index contributed by atoms with van der Waals surface area (Å²) in [5, 5.41) is 0. The summed E-state index contributed by atoms with van der Waals surface area (Å²) in [7, 11) is -5.05. The van der Waals surface area contributed by atoms with Crippen LogP contribution in [0, 0.1) is 0 Å². The van der Waals surface area contributed by atoms with Crippen LogP contribution < -0.4 is 0 Å². The van der Waals surface area contributed by atoms with Crippen molar-refractivity contribution in [2.75, 3.05) is 13.2 Å². The number of esters is 1. The average molecular weight is 268 g/mol. The first-order valence-corrected chi connectivity index (χ1v) is 7.92. The van der Waals surface area contributed by atoms with Gasteiger partial charge in [-0.1, -0.05) is 6.58 Å². The van der Waals surface area contributed by atoms with Gasteiger partial charge in [0.1, 0.15) is 0 Å². The molecule has 16 heavy (non-hydrogen) atoms. The van der Waals surface area contributed by atoms with Crippen LogP contribution >= 0.6 is 8.25 Å². The molecule has 94 valence electrons. The van der Waals surface area contributed by atoms with Crippen LogP contribution in [0.1, 0.15) is 13.3 Å². The van der Waals surface area contributed by atoms with Crippen molar-refractivity contribution >= 4 is 23.5 Å². The third-order valence-electron chi connectivity index (χ3n) is 1.58. The van der Waals surface area contributed by atoms with E-state index in [0.717, 1.165) is 6.08 Å². The molecule has 2 unspecified atom stereocenters.